The van der Waals surface area contributed by atoms with Gasteiger partial charge in [-0.05, 0) is 54.6 Å². The first-order valence-electron chi connectivity index (χ1n) is 9.73. The zero-order chi connectivity index (χ0) is 23.0. The summed E-state index contributed by atoms with van der Waals surface area (Å²) < 4.78 is 15.4. The van der Waals surface area contributed by atoms with Gasteiger partial charge in [0.05, 0.1) is 18.7 Å². The number of esters is 1. The van der Waals surface area contributed by atoms with E-state index in [0.29, 0.717) is 11.3 Å². The molecule has 2 N–H and O–H groups in total. The van der Waals surface area contributed by atoms with Crippen molar-refractivity contribution in [3.63, 3.8) is 0 Å². The number of anilines is 1. The topological polar surface area (TPSA) is 123 Å². The lowest BCUT2D eigenvalue weighted by Gasteiger charge is -2.06. The fourth-order valence-electron chi connectivity index (χ4n) is 2.79. The average molecular weight is 443 g/mol. The van der Waals surface area contributed by atoms with Gasteiger partial charge in [-0.2, -0.15) is 5.10 Å². The average Bonchev–Trinajstić information content (AvgIpc) is 3.55. The number of hydrazone groups is 1. The Morgan fingerprint density at radius 2 is 1.58 bits per heavy atom. The minimum Gasteiger partial charge on any atom is -0.459 e. The fraction of sp³-hybridized carbons (Fsp3) is 0. The maximum absolute atomic E-state index is 12.5. The van der Waals surface area contributed by atoms with Gasteiger partial charge in [0, 0.05) is 16.8 Å². The monoisotopic (exact) mass is 443 g/mol. The molecule has 0 spiro atoms. The minimum absolute atomic E-state index is 0.0639. The number of furan rings is 2. The maximum atomic E-state index is 12.5. The number of nitrogens with one attached hydrogen (secondary N) is 2. The highest BCUT2D eigenvalue weighted by atomic mass is 16.5. The van der Waals surface area contributed by atoms with Crippen molar-refractivity contribution in [3.05, 3.63) is 108 Å². The van der Waals surface area contributed by atoms with E-state index < -0.39 is 17.8 Å². The lowest BCUT2D eigenvalue weighted by atomic mass is 10.2. The van der Waals surface area contributed by atoms with Crippen LogP contribution in [-0.4, -0.2) is 24.0 Å². The summed E-state index contributed by atoms with van der Waals surface area (Å²) in [4.78, 5) is 36.7. The summed E-state index contributed by atoms with van der Waals surface area (Å²) in [5.74, 6) is -1.12. The molecule has 0 saturated heterocycles. The minimum atomic E-state index is -0.654. The number of carbonyl (C=O) groups excluding carboxylic acids is 3. The Bertz CT molecular complexity index is 1290. The number of carbonyl (C=O) groups is 3. The van der Waals surface area contributed by atoms with E-state index in [1.54, 1.807) is 54.6 Å². The van der Waals surface area contributed by atoms with Crippen molar-refractivity contribution in [3.8, 4) is 5.75 Å². The van der Waals surface area contributed by atoms with Crippen LogP contribution in [0.15, 0.2) is 99.3 Å². The SMILES string of the molecule is O=C(NN=Cc1ccccc1OC(=O)c1ccco1)c1cccc(NC(=O)c2ccco2)c1. The van der Waals surface area contributed by atoms with Crippen LogP contribution in [0.2, 0.25) is 0 Å². The van der Waals surface area contributed by atoms with Gasteiger partial charge in [-0.15, -0.1) is 0 Å². The normalized spacial score (nSPS) is 10.7. The molecule has 2 aromatic heterocycles. The van der Waals surface area contributed by atoms with Gasteiger partial charge >= 0.3 is 5.97 Å². The van der Waals surface area contributed by atoms with Crippen molar-refractivity contribution in [2.24, 2.45) is 5.10 Å². The Kier molecular flexibility index (Phi) is 6.41. The Morgan fingerprint density at radius 1 is 0.818 bits per heavy atom. The zero-order valence-electron chi connectivity index (χ0n) is 17.1. The van der Waals surface area contributed by atoms with E-state index in [1.165, 1.54) is 36.9 Å². The molecular weight excluding hydrogens is 426 g/mol. The highest BCUT2D eigenvalue weighted by Gasteiger charge is 2.14. The van der Waals surface area contributed by atoms with Crippen LogP contribution in [0.5, 0.6) is 5.75 Å². The number of para-hydroxylation sites is 1. The molecule has 0 aliphatic carbocycles. The molecule has 9 nitrogen and oxygen atoms in total. The fourth-order valence-corrected chi connectivity index (χ4v) is 2.79. The van der Waals surface area contributed by atoms with Gasteiger partial charge in [0.25, 0.3) is 11.8 Å². The predicted molar refractivity (Wildman–Crippen MR) is 118 cm³/mol. The molecule has 2 amide bonds. The van der Waals surface area contributed by atoms with Crippen LogP contribution in [0, 0.1) is 0 Å². The summed E-state index contributed by atoms with van der Waals surface area (Å²) in [5, 5.41) is 6.59. The van der Waals surface area contributed by atoms with E-state index in [0.717, 1.165) is 0 Å². The molecule has 0 saturated carbocycles. The molecule has 4 aromatic rings. The Balaban J connectivity index is 1.39. The first-order valence-corrected chi connectivity index (χ1v) is 9.73. The number of benzene rings is 2. The Morgan fingerprint density at radius 3 is 2.33 bits per heavy atom. The van der Waals surface area contributed by atoms with Gasteiger partial charge < -0.3 is 18.9 Å². The summed E-state index contributed by atoms with van der Waals surface area (Å²) >= 11 is 0. The van der Waals surface area contributed by atoms with Crippen LogP contribution in [0.25, 0.3) is 0 Å². The molecular formula is C24H17N3O6. The van der Waals surface area contributed by atoms with Gasteiger partial charge in [-0.1, -0.05) is 18.2 Å². The van der Waals surface area contributed by atoms with E-state index in [1.807, 2.05) is 0 Å². The van der Waals surface area contributed by atoms with E-state index in [4.69, 9.17) is 13.6 Å². The highest BCUT2D eigenvalue weighted by Crippen LogP contribution is 2.18. The van der Waals surface area contributed by atoms with Crippen LogP contribution in [0.1, 0.15) is 37.0 Å². The number of hydrogen-bond acceptors (Lipinski definition) is 7. The Hall–Kier alpha value is -4.92. The zero-order valence-corrected chi connectivity index (χ0v) is 17.1. The summed E-state index contributed by atoms with van der Waals surface area (Å²) in [7, 11) is 0. The van der Waals surface area contributed by atoms with Crippen molar-refractivity contribution in [1.29, 1.82) is 0 Å². The van der Waals surface area contributed by atoms with Gasteiger partial charge in [0.2, 0.25) is 5.76 Å². The van der Waals surface area contributed by atoms with Gasteiger partial charge in [-0.3, -0.25) is 9.59 Å². The largest absolute Gasteiger partial charge is 0.459 e. The van der Waals surface area contributed by atoms with Crippen molar-refractivity contribution in [2.75, 3.05) is 5.32 Å². The smallest absolute Gasteiger partial charge is 0.379 e. The number of amides is 2. The molecule has 0 atom stereocenters. The predicted octanol–water partition coefficient (Wildman–Crippen LogP) is 4.11. The third-order valence-electron chi connectivity index (χ3n) is 4.34. The number of hydrogen-bond donors (Lipinski definition) is 2. The van der Waals surface area contributed by atoms with Crippen molar-refractivity contribution in [2.45, 2.75) is 0 Å². The van der Waals surface area contributed by atoms with E-state index in [9.17, 15) is 14.4 Å². The number of rotatable bonds is 7. The molecule has 0 radical (unpaired) electrons. The maximum Gasteiger partial charge on any atom is 0.379 e. The molecule has 2 heterocycles. The molecule has 0 fully saturated rings. The first-order chi connectivity index (χ1) is 16.1. The van der Waals surface area contributed by atoms with Crippen LogP contribution >= 0.6 is 0 Å². The molecule has 0 aliphatic heterocycles. The molecule has 33 heavy (non-hydrogen) atoms. The van der Waals surface area contributed by atoms with Gasteiger partial charge in [0.1, 0.15) is 5.75 Å². The van der Waals surface area contributed by atoms with E-state index in [-0.39, 0.29) is 22.8 Å². The van der Waals surface area contributed by atoms with Gasteiger partial charge in [0.15, 0.2) is 5.76 Å². The van der Waals surface area contributed by atoms with Crippen LogP contribution in [0.3, 0.4) is 0 Å². The second kappa shape index (κ2) is 9.92. The third-order valence-corrected chi connectivity index (χ3v) is 4.34. The molecule has 164 valence electrons. The molecule has 2 aromatic carbocycles. The number of ether oxygens (including phenoxy) is 1. The first kappa shape index (κ1) is 21.3. The summed E-state index contributed by atoms with van der Waals surface area (Å²) in [6.07, 6.45) is 4.12. The molecule has 0 unspecified atom stereocenters. The van der Waals surface area contributed by atoms with E-state index >= 15 is 0 Å². The molecule has 0 aliphatic rings. The Labute approximate surface area is 187 Å². The lowest BCUT2D eigenvalue weighted by Crippen LogP contribution is -2.18. The second-order valence-corrected chi connectivity index (χ2v) is 6.62. The van der Waals surface area contributed by atoms with Gasteiger partial charge in [-0.25, -0.2) is 10.2 Å². The second-order valence-electron chi connectivity index (χ2n) is 6.62. The third kappa shape index (κ3) is 5.42. The highest BCUT2D eigenvalue weighted by molar-refractivity contribution is 6.03. The molecule has 4 rings (SSSR count). The molecule has 9 heteroatoms. The number of nitrogens with zero attached hydrogens (tertiary/aromatic N) is 1. The van der Waals surface area contributed by atoms with Crippen molar-refractivity contribution >= 4 is 29.7 Å². The molecule has 0 bridgehead atoms. The summed E-state index contributed by atoms with van der Waals surface area (Å²) in [5.41, 5.74) is 3.57. The van der Waals surface area contributed by atoms with Crippen molar-refractivity contribution in [1.82, 2.24) is 5.43 Å². The summed E-state index contributed by atoms with van der Waals surface area (Å²) in [6.45, 7) is 0. The van der Waals surface area contributed by atoms with Crippen LogP contribution < -0.4 is 15.5 Å². The quantitative estimate of drug-likeness (QED) is 0.192. The summed E-state index contributed by atoms with van der Waals surface area (Å²) in [6, 6.07) is 19.3. The van der Waals surface area contributed by atoms with Crippen molar-refractivity contribution < 1.29 is 28.0 Å². The standard InChI is InChI=1S/C24H17N3O6/c28-22(16-7-3-8-18(14-16)26-23(29)20-10-4-12-31-20)27-25-15-17-6-1-2-9-19(17)33-24(30)21-11-5-13-32-21/h1-15H,(H,26,29)(H,27,28). The van der Waals surface area contributed by atoms with Crippen LogP contribution in [0.4, 0.5) is 5.69 Å². The van der Waals surface area contributed by atoms with Crippen LogP contribution in [-0.2, 0) is 0 Å². The van der Waals surface area contributed by atoms with E-state index in [2.05, 4.69) is 15.8 Å². The lowest BCUT2D eigenvalue weighted by molar-refractivity contribution is 0.0700.